The first-order chi connectivity index (χ1) is 12.7. The number of hydrogen-bond acceptors (Lipinski definition) is 3. The van der Waals surface area contributed by atoms with Gasteiger partial charge in [0.15, 0.2) is 0 Å². The van der Waals surface area contributed by atoms with Crippen molar-refractivity contribution in [1.82, 2.24) is 0 Å². The normalized spacial score (nSPS) is 10.5. The SMILES string of the molecule is CSc1ccccc1C(=O)Nc1ccc(CSc2ccccc2)cc1C. The summed E-state index contributed by atoms with van der Waals surface area (Å²) < 4.78 is 0. The van der Waals surface area contributed by atoms with E-state index in [2.05, 4.69) is 41.7 Å². The van der Waals surface area contributed by atoms with Crippen molar-refractivity contribution in [2.45, 2.75) is 22.5 Å². The number of benzene rings is 3. The zero-order valence-corrected chi connectivity index (χ0v) is 16.5. The fraction of sp³-hybridized carbons (Fsp3) is 0.136. The fourth-order valence-electron chi connectivity index (χ4n) is 2.66. The van der Waals surface area contributed by atoms with Crippen molar-refractivity contribution in [1.29, 1.82) is 0 Å². The van der Waals surface area contributed by atoms with Gasteiger partial charge in [-0.15, -0.1) is 23.5 Å². The summed E-state index contributed by atoms with van der Waals surface area (Å²) in [5, 5.41) is 3.04. The molecule has 2 nitrogen and oxygen atoms in total. The lowest BCUT2D eigenvalue weighted by atomic mass is 10.1. The molecular weight excluding hydrogens is 358 g/mol. The van der Waals surface area contributed by atoms with Crippen molar-refractivity contribution >= 4 is 35.1 Å². The molecule has 3 rings (SSSR count). The predicted molar refractivity (Wildman–Crippen MR) is 113 cm³/mol. The average Bonchev–Trinajstić information content (AvgIpc) is 2.69. The smallest absolute Gasteiger partial charge is 0.256 e. The molecule has 26 heavy (non-hydrogen) atoms. The summed E-state index contributed by atoms with van der Waals surface area (Å²) in [6, 6.07) is 24.3. The standard InChI is InChI=1S/C22H21NOS2/c1-16-14-17(15-26-18-8-4-3-5-9-18)12-13-20(16)23-22(24)19-10-6-7-11-21(19)25-2/h3-14H,15H2,1-2H3,(H,23,24). The summed E-state index contributed by atoms with van der Waals surface area (Å²) in [7, 11) is 0. The first-order valence-electron chi connectivity index (χ1n) is 8.39. The Balaban J connectivity index is 1.68. The monoisotopic (exact) mass is 379 g/mol. The second-order valence-corrected chi connectivity index (χ2v) is 7.80. The van der Waals surface area contributed by atoms with Crippen LogP contribution in [0.1, 0.15) is 21.5 Å². The highest BCUT2D eigenvalue weighted by atomic mass is 32.2. The first-order valence-corrected chi connectivity index (χ1v) is 10.6. The van der Waals surface area contributed by atoms with Gasteiger partial charge in [-0.25, -0.2) is 0 Å². The Kier molecular flexibility index (Phi) is 6.42. The van der Waals surface area contributed by atoms with E-state index >= 15 is 0 Å². The van der Waals surface area contributed by atoms with Crippen LogP contribution in [0.2, 0.25) is 0 Å². The molecule has 3 aromatic carbocycles. The molecular formula is C22H21NOS2. The number of carbonyl (C=O) groups is 1. The van der Waals surface area contributed by atoms with E-state index in [9.17, 15) is 4.79 Å². The molecule has 0 spiro atoms. The molecule has 4 heteroatoms. The van der Waals surface area contributed by atoms with E-state index in [0.29, 0.717) is 5.56 Å². The third kappa shape index (κ3) is 4.71. The summed E-state index contributed by atoms with van der Waals surface area (Å²) in [6.45, 7) is 2.03. The Bertz CT molecular complexity index is 894. The molecule has 1 amide bonds. The van der Waals surface area contributed by atoms with Crippen LogP contribution >= 0.6 is 23.5 Å². The molecule has 1 N–H and O–H groups in total. The maximum Gasteiger partial charge on any atom is 0.256 e. The largest absolute Gasteiger partial charge is 0.322 e. The van der Waals surface area contributed by atoms with Crippen LogP contribution in [-0.4, -0.2) is 12.2 Å². The van der Waals surface area contributed by atoms with Crippen LogP contribution in [0.5, 0.6) is 0 Å². The summed E-state index contributed by atoms with van der Waals surface area (Å²) >= 11 is 3.40. The Morgan fingerprint density at radius 2 is 1.69 bits per heavy atom. The average molecular weight is 380 g/mol. The van der Waals surface area contributed by atoms with Crippen LogP contribution in [0, 0.1) is 6.92 Å². The maximum absolute atomic E-state index is 12.6. The molecule has 0 radical (unpaired) electrons. The van der Waals surface area contributed by atoms with Crippen LogP contribution in [-0.2, 0) is 5.75 Å². The lowest BCUT2D eigenvalue weighted by Gasteiger charge is -2.12. The van der Waals surface area contributed by atoms with Gasteiger partial charge in [0, 0.05) is 21.2 Å². The summed E-state index contributed by atoms with van der Waals surface area (Å²) in [5.41, 5.74) is 3.90. The topological polar surface area (TPSA) is 29.1 Å². The third-order valence-electron chi connectivity index (χ3n) is 4.04. The molecule has 0 aliphatic rings. The summed E-state index contributed by atoms with van der Waals surface area (Å²) in [6.07, 6.45) is 1.98. The molecule has 3 aromatic rings. The van der Waals surface area contributed by atoms with E-state index in [4.69, 9.17) is 0 Å². The first kappa shape index (κ1) is 18.6. The van der Waals surface area contributed by atoms with Crippen LogP contribution in [0.15, 0.2) is 82.6 Å². The van der Waals surface area contributed by atoms with Crippen LogP contribution in [0.25, 0.3) is 0 Å². The van der Waals surface area contributed by atoms with Crippen molar-refractivity contribution in [2.24, 2.45) is 0 Å². The zero-order chi connectivity index (χ0) is 18.4. The molecule has 0 bridgehead atoms. The fourth-order valence-corrected chi connectivity index (χ4v) is 4.12. The predicted octanol–water partition coefficient (Wildman–Crippen LogP) is 6.26. The van der Waals surface area contributed by atoms with Crippen molar-refractivity contribution in [3.8, 4) is 0 Å². The second-order valence-electron chi connectivity index (χ2n) is 5.91. The minimum atomic E-state index is -0.0653. The van der Waals surface area contributed by atoms with Gasteiger partial charge in [-0.05, 0) is 54.6 Å². The Morgan fingerprint density at radius 1 is 0.962 bits per heavy atom. The van der Waals surface area contributed by atoms with Crippen LogP contribution in [0.4, 0.5) is 5.69 Å². The van der Waals surface area contributed by atoms with Gasteiger partial charge in [0.2, 0.25) is 0 Å². The van der Waals surface area contributed by atoms with E-state index in [-0.39, 0.29) is 5.91 Å². The van der Waals surface area contributed by atoms with Crippen molar-refractivity contribution in [2.75, 3.05) is 11.6 Å². The van der Waals surface area contributed by atoms with Crippen molar-refractivity contribution in [3.63, 3.8) is 0 Å². The van der Waals surface area contributed by atoms with Gasteiger partial charge in [-0.2, -0.15) is 0 Å². The summed E-state index contributed by atoms with van der Waals surface area (Å²) in [5.74, 6) is 0.846. The molecule has 132 valence electrons. The van der Waals surface area contributed by atoms with Gasteiger partial charge >= 0.3 is 0 Å². The van der Waals surface area contributed by atoms with Gasteiger partial charge in [0.05, 0.1) is 5.56 Å². The lowest BCUT2D eigenvalue weighted by Crippen LogP contribution is -2.13. The minimum absolute atomic E-state index is 0.0653. The molecule has 0 atom stereocenters. The van der Waals surface area contributed by atoms with E-state index in [1.54, 1.807) is 11.8 Å². The molecule has 0 aliphatic carbocycles. The Morgan fingerprint density at radius 3 is 2.42 bits per heavy atom. The number of nitrogens with one attached hydrogen (secondary N) is 1. The van der Waals surface area contributed by atoms with Gasteiger partial charge in [0.25, 0.3) is 5.91 Å². The molecule has 0 aliphatic heterocycles. The highest BCUT2D eigenvalue weighted by Crippen LogP contribution is 2.26. The van der Waals surface area contributed by atoms with E-state index in [1.807, 2.05) is 61.3 Å². The molecule has 0 heterocycles. The third-order valence-corrected chi connectivity index (χ3v) is 5.92. The number of anilines is 1. The molecule has 0 aromatic heterocycles. The highest BCUT2D eigenvalue weighted by Gasteiger charge is 2.12. The quantitative estimate of drug-likeness (QED) is 0.512. The van der Waals surface area contributed by atoms with E-state index in [0.717, 1.165) is 21.9 Å². The zero-order valence-electron chi connectivity index (χ0n) is 14.9. The van der Waals surface area contributed by atoms with Gasteiger partial charge in [-0.3, -0.25) is 4.79 Å². The number of carbonyl (C=O) groups excluding carboxylic acids is 1. The number of thioether (sulfide) groups is 2. The molecule has 0 saturated heterocycles. The van der Waals surface area contributed by atoms with Gasteiger partial charge < -0.3 is 5.32 Å². The molecule has 0 saturated carbocycles. The minimum Gasteiger partial charge on any atom is -0.322 e. The number of rotatable bonds is 6. The van der Waals surface area contributed by atoms with Crippen LogP contribution < -0.4 is 5.32 Å². The van der Waals surface area contributed by atoms with Crippen LogP contribution in [0.3, 0.4) is 0 Å². The lowest BCUT2D eigenvalue weighted by molar-refractivity contribution is 0.102. The molecule has 0 fully saturated rings. The van der Waals surface area contributed by atoms with Crippen molar-refractivity contribution < 1.29 is 4.79 Å². The van der Waals surface area contributed by atoms with E-state index in [1.165, 1.54) is 10.5 Å². The summed E-state index contributed by atoms with van der Waals surface area (Å²) in [4.78, 5) is 14.9. The van der Waals surface area contributed by atoms with Gasteiger partial charge in [-0.1, -0.05) is 42.5 Å². The maximum atomic E-state index is 12.6. The Hall–Kier alpha value is -2.17. The van der Waals surface area contributed by atoms with Gasteiger partial charge in [0.1, 0.15) is 0 Å². The Labute approximate surface area is 163 Å². The number of aryl methyl sites for hydroxylation is 1. The number of amides is 1. The second kappa shape index (κ2) is 8.97. The van der Waals surface area contributed by atoms with Crippen molar-refractivity contribution in [3.05, 3.63) is 89.5 Å². The molecule has 0 unspecified atom stereocenters. The number of hydrogen-bond donors (Lipinski definition) is 1. The highest BCUT2D eigenvalue weighted by molar-refractivity contribution is 7.98. The van der Waals surface area contributed by atoms with E-state index < -0.39 is 0 Å².